The van der Waals surface area contributed by atoms with Crippen molar-refractivity contribution in [3.8, 4) is 16.3 Å². The van der Waals surface area contributed by atoms with Crippen molar-refractivity contribution in [3.05, 3.63) is 59.1 Å². The highest BCUT2D eigenvalue weighted by atomic mass is 32.1. The summed E-state index contributed by atoms with van der Waals surface area (Å²) >= 11 is 1.71. The molecule has 0 bridgehead atoms. The van der Waals surface area contributed by atoms with Crippen LogP contribution in [0.25, 0.3) is 10.6 Å². The first kappa shape index (κ1) is 18.6. The quantitative estimate of drug-likeness (QED) is 0.670. The van der Waals surface area contributed by atoms with E-state index in [1.165, 1.54) is 0 Å². The van der Waals surface area contributed by atoms with E-state index in [4.69, 9.17) is 9.72 Å². The van der Waals surface area contributed by atoms with Gasteiger partial charge in [-0.2, -0.15) is 0 Å². The summed E-state index contributed by atoms with van der Waals surface area (Å²) in [7, 11) is 1.62. The number of aromatic nitrogens is 3. The van der Waals surface area contributed by atoms with Crippen molar-refractivity contribution in [2.45, 2.75) is 25.7 Å². The fourth-order valence-electron chi connectivity index (χ4n) is 3.50. The monoisotopic (exact) mass is 394 g/mol. The zero-order chi connectivity index (χ0) is 19.5. The third-order valence-corrected chi connectivity index (χ3v) is 6.44. The molecule has 3 heterocycles. The molecule has 4 rings (SSSR count). The zero-order valence-corrected chi connectivity index (χ0v) is 16.8. The maximum atomic E-state index is 12.7. The Bertz CT molecular complexity index is 948. The number of rotatable bonds is 4. The van der Waals surface area contributed by atoms with Gasteiger partial charge in [0, 0.05) is 30.8 Å². The summed E-state index contributed by atoms with van der Waals surface area (Å²) in [5.74, 6) is 1.23. The molecule has 2 aromatic heterocycles. The lowest BCUT2D eigenvalue weighted by molar-refractivity contribution is 0.0713. The molecular weight excluding hydrogens is 372 g/mol. The fourth-order valence-corrected chi connectivity index (χ4v) is 4.71. The molecule has 0 N–H and O–H groups in total. The molecule has 0 unspecified atom stereocenters. The maximum absolute atomic E-state index is 12.7. The van der Waals surface area contributed by atoms with Crippen LogP contribution in [-0.2, 0) is 0 Å². The van der Waals surface area contributed by atoms with E-state index >= 15 is 0 Å². The van der Waals surface area contributed by atoms with E-state index in [0.29, 0.717) is 11.5 Å². The summed E-state index contributed by atoms with van der Waals surface area (Å²) < 4.78 is 5.16. The molecule has 0 aliphatic carbocycles. The molecule has 1 aromatic carbocycles. The SMILES string of the molecule is COc1ccc(C(=O)N2CCC(c3nc(C)c(-c4ccncn4)s3)CC2)cc1. The van der Waals surface area contributed by atoms with Crippen molar-refractivity contribution in [2.75, 3.05) is 20.2 Å². The van der Waals surface area contributed by atoms with Gasteiger partial charge >= 0.3 is 0 Å². The molecule has 28 heavy (non-hydrogen) atoms. The number of aryl methyl sites for hydroxylation is 1. The number of carbonyl (C=O) groups excluding carboxylic acids is 1. The van der Waals surface area contributed by atoms with E-state index < -0.39 is 0 Å². The standard InChI is InChI=1S/C21H22N4O2S/c1-14-19(18-7-10-22-13-23-18)28-20(24-14)15-8-11-25(12-9-15)21(26)16-3-5-17(27-2)6-4-16/h3-7,10,13,15H,8-9,11-12H2,1-2H3. The molecule has 6 nitrogen and oxygen atoms in total. The lowest BCUT2D eigenvalue weighted by atomic mass is 9.97. The first-order valence-electron chi connectivity index (χ1n) is 9.32. The van der Waals surface area contributed by atoms with Gasteiger partial charge in [-0.25, -0.2) is 15.0 Å². The lowest BCUT2D eigenvalue weighted by Gasteiger charge is -2.31. The van der Waals surface area contributed by atoms with Gasteiger partial charge in [0.1, 0.15) is 12.1 Å². The second kappa shape index (κ2) is 8.06. The predicted octanol–water partition coefficient (Wildman–Crippen LogP) is 3.94. The van der Waals surface area contributed by atoms with Gasteiger partial charge in [-0.1, -0.05) is 0 Å². The van der Waals surface area contributed by atoms with Crippen molar-refractivity contribution in [3.63, 3.8) is 0 Å². The van der Waals surface area contributed by atoms with Crippen LogP contribution in [0.5, 0.6) is 5.75 Å². The second-order valence-electron chi connectivity index (χ2n) is 6.86. The summed E-state index contributed by atoms with van der Waals surface area (Å²) in [6.07, 6.45) is 5.18. The van der Waals surface area contributed by atoms with Gasteiger partial charge < -0.3 is 9.64 Å². The molecule has 0 spiro atoms. The third-order valence-electron chi connectivity index (χ3n) is 5.10. The minimum Gasteiger partial charge on any atom is -0.497 e. The molecule has 1 fully saturated rings. The minimum absolute atomic E-state index is 0.0816. The number of ether oxygens (including phenoxy) is 1. The number of hydrogen-bond donors (Lipinski definition) is 0. The number of carbonyl (C=O) groups is 1. The van der Waals surface area contributed by atoms with E-state index in [1.54, 1.807) is 31.0 Å². The Morgan fingerprint density at radius 1 is 1.18 bits per heavy atom. The Morgan fingerprint density at radius 3 is 2.57 bits per heavy atom. The first-order chi connectivity index (χ1) is 13.7. The number of methoxy groups -OCH3 is 1. The summed E-state index contributed by atoms with van der Waals surface area (Å²) in [6, 6.07) is 9.22. The highest BCUT2D eigenvalue weighted by Crippen LogP contribution is 2.36. The number of hydrogen-bond acceptors (Lipinski definition) is 6. The number of benzene rings is 1. The van der Waals surface area contributed by atoms with Gasteiger partial charge in [0.25, 0.3) is 5.91 Å². The largest absolute Gasteiger partial charge is 0.497 e. The summed E-state index contributed by atoms with van der Waals surface area (Å²) in [6.45, 7) is 3.52. The van der Waals surface area contributed by atoms with E-state index in [1.807, 2.05) is 42.2 Å². The second-order valence-corrected chi connectivity index (χ2v) is 7.89. The average molecular weight is 395 g/mol. The third kappa shape index (κ3) is 3.75. The Labute approximate surface area is 168 Å². The molecule has 144 valence electrons. The zero-order valence-electron chi connectivity index (χ0n) is 16.0. The van der Waals surface area contributed by atoms with Crippen LogP contribution in [0, 0.1) is 6.92 Å². The molecular formula is C21H22N4O2S. The Morgan fingerprint density at radius 2 is 1.93 bits per heavy atom. The number of thiazole rings is 1. The Hall–Kier alpha value is -2.80. The highest BCUT2D eigenvalue weighted by Gasteiger charge is 2.27. The van der Waals surface area contributed by atoms with Crippen molar-refractivity contribution < 1.29 is 9.53 Å². The molecule has 1 saturated heterocycles. The van der Waals surface area contributed by atoms with Crippen LogP contribution in [0.3, 0.4) is 0 Å². The number of likely N-dealkylation sites (tertiary alicyclic amines) is 1. The maximum Gasteiger partial charge on any atom is 0.253 e. The molecule has 0 radical (unpaired) electrons. The molecule has 1 aliphatic heterocycles. The van der Waals surface area contributed by atoms with Crippen LogP contribution in [0.15, 0.2) is 42.9 Å². The average Bonchev–Trinajstić information content (AvgIpc) is 3.15. The van der Waals surface area contributed by atoms with Gasteiger partial charge in [0.05, 0.1) is 28.4 Å². The predicted molar refractivity (Wildman–Crippen MR) is 109 cm³/mol. The molecule has 1 amide bonds. The van der Waals surface area contributed by atoms with Gasteiger partial charge in [0.2, 0.25) is 0 Å². The van der Waals surface area contributed by atoms with Crippen LogP contribution in [-0.4, -0.2) is 46.0 Å². The van der Waals surface area contributed by atoms with Crippen molar-refractivity contribution in [1.29, 1.82) is 0 Å². The van der Waals surface area contributed by atoms with Gasteiger partial charge in [-0.3, -0.25) is 4.79 Å². The number of nitrogens with zero attached hydrogens (tertiary/aromatic N) is 4. The van der Waals surface area contributed by atoms with E-state index in [2.05, 4.69) is 9.97 Å². The fraction of sp³-hybridized carbons (Fsp3) is 0.333. The van der Waals surface area contributed by atoms with Gasteiger partial charge in [-0.05, 0) is 50.1 Å². The molecule has 1 aliphatic rings. The van der Waals surface area contributed by atoms with Crippen LogP contribution in [0.2, 0.25) is 0 Å². The topological polar surface area (TPSA) is 68.2 Å². The molecule has 3 aromatic rings. The lowest BCUT2D eigenvalue weighted by Crippen LogP contribution is -2.37. The van der Waals surface area contributed by atoms with Gasteiger partial charge in [0.15, 0.2) is 0 Å². The van der Waals surface area contributed by atoms with Crippen molar-refractivity contribution >= 4 is 17.2 Å². The summed E-state index contributed by atoms with van der Waals surface area (Å²) in [4.78, 5) is 28.9. The molecule has 0 saturated carbocycles. The minimum atomic E-state index is 0.0816. The number of amides is 1. The van der Waals surface area contributed by atoms with E-state index in [9.17, 15) is 4.79 Å². The number of piperidine rings is 1. The molecule has 7 heteroatoms. The summed E-state index contributed by atoms with van der Waals surface area (Å²) in [5, 5.41) is 1.14. The Kier molecular flexibility index (Phi) is 5.34. The Balaban J connectivity index is 1.42. The highest BCUT2D eigenvalue weighted by molar-refractivity contribution is 7.15. The smallest absolute Gasteiger partial charge is 0.253 e. The van der Waals surface area contributed by atoms with Crippen LogP contribution in [0.4, 0.5) is 0 Å². The van der Waals surface area contributed by atoms with Gasteiger partial charge in [-0.15, -0.1) is 11.3 Å². The van der Waals surface area contributed by atoms with Crippen LogP contribution in [0.1, 0.15) is 39.8 Å². The first-order valence-corrected chi connectivity index (χ1v) is 10.1. The molecule has 0 atom stereocenters. The van der Waals surface area contributed by atoms with E-state index in [-0.39, 0.29) is 5.91 Å². The van der Waals surface area contributed by atoms with Crippen LogP contribution >= 0.6 is 11.3 Å². The summed E-state index contributed by atoms with van der Waals surface area (Å²) in [5.41, 5.74) is 2.63. The van der Waals surface area contributed by atoms with Crippen molar-refractivity contribution in [2.24, 2.45) is 0 Å². The normalized spacial score (nSPS) is 14.9. The van der Waals surface area contributed by atoms with Crippen molar-refractivity contribution in [1.82, 2.24) is 19.9 Å². The van der Waals surface area contributed by atoms with Crippen LogP contribution < -0.4 is 4.74 Å². The van der Waals surface area contributed by atoms with E-state index in [0.717, 1.165) is 53.0 Å².